The van der Waals surface area contributed by atoms with Gasteiger partial charge >= 0.3 is 0 Å². The van der Waals surface area contributed by atoms with Crippen molar-refractivity contribution in [3.63, 3.8) is 0 Å². The lowest BCUT2D eigenvalue weighted by molar-refractivity contribution is 0.283. The summed E-state index contributed by atoms with van der Waals surface area (Å²) in [5.74, 6) is 0.741. The largest absolute Gasteiger partial charge is 0.492 e. The molecule has 0 aliphatic carbocycles. The van der Waals surface area contributed by atoms with Crippen molar-refractivity contribution in [3.05, 3.63) is 23.5 Å². The minimum Gasteiger partial charge on any atom is -0.492 e. The van der Waals surface area contributed by atoms with Crippen molar-refractivity contribution in [1.29, 1.82) is 0 Å². The number of nitrogens with zero attached hydrogens (tertiary/aromatic N) is 1. The van der Waals surface area contributed by atoms with Crippen LogP contribution >= 0.6 is 0 Å². The first-order chi connectivity index (χ1) is 8.42. The van der Waals surface area contributed by atoms with E-state index in [1.165, 1.54) is 0 Å². The predicted octanol–water partition coefficient (Wildman–Crippen LogP) is 3.02. The van der Waals surface area contributed by atoms with Crippen LogP contribution in [-0.2, 0) is 6.54 Å². The minimum absolute atomic E-state index is 0.0294. The second-order valence-electron chi connectivity index (χ2n) is 5.39. The van der Waals surface area contributed by atoms with E-state index in [1.54, 1.807) is 0 Å². The van der Waals surface area contributed by atoms with E-state index in [0.717, 1.165) is 17.1 Å². The van der Waals surface area contributed by atoms with Crippen molar-refractivity contribution in [2.75, 3.05) is 13.3 Å². The molecule has 1 N–H and O–H groups in total. The standard InChI is InChI=1S/C14H23FN2O/c1-11-6-7-13(18-9-5-8-15)12(17-11)10-16-14(2,3)4/h6-7,16H,5,8-10H2,1-4H3. The zero-order chi connectivity index (χ0) is 13.6. The fraction of sp³-hybridized carbons (Fsp3) is 0.643. The van der Waals surface area contributed by atoms with Gasteiger partial charge in [-0.25, -0.2) is 0 Å². The first-order valence-corrected chi connectivity index (χ1v) is 6.33. The summed E-state index contributed by atoms with van der Waals surface area (Å²) in [7, 11) is 0. The zero-order valence-electron chi connectivity index (χ0n) is 11.7. The summed E-state index contributed by atoms with van der Waals surface area (Å²) >= 11 is 0. The van der Waals surface area contributed by atoms with Crippen LogP contribution in [-0.4, -0.2) is 23.8 Å². The Kier molecular flexibility index (Phi) is 5.54. The van der Waals surface area contributed by atoms with E-state index in [2.05, 4.69) is 31.1 Å². The van der Waals surface area contributed by atoms with Crippen molar-refractivity contribution in [2.45, 2.75) is 46.2 Å². The van der Waals surface area contributed by atoms with Gasteiger partial charge in [0.25, 0.3) is 0 Å². The Labute approximate surface area is 109 Å². The van der Waals surface area contributed by atoms with Gasteiger partial charge in [-0.3, -0.25) is 9.37 Å². The molecule has 0 atom stereocenters. The molecule has 0 amide bonds. The van der Waals surface area contributed by atoms with Gasteiger partial charge in [0, 0.05) is 24.2 Å². The third-order valence-corrected chi connectivity index (χ3v) is 2.39. The van der Waals surface area contributed by atoms with E-state index in [-0.39, 0.29) is 12.2 Å². The lowest BCUT2D eigenvalue weighted by atomic mass is 10.1. The van der Waals surface area contributed by atoms with Gasteiger partial charge in [-0.1, -0.05) is 0 Å². The highest BCUT2D eigenvalue weighted by atomic mass is 19.1. The molecule has 0 bridgehead atoms. The van der Waals surface area contributed by atoms with Gasteiger partial charge in [-0.15, -0.1) is 0 Å². The molecule has 0 saturated heterocycles. The number of rotatable bonds is 6. The van der Waals surface area contributed by atoms with Gasteiger partial charge in [0.05, 0.1) is 19.0 Å². The van der Waals surface area contributed by atoms with E-state index in [1.807, 2.05) is 19.1 Å². The quantitative estimate of drug-likeness (QED) is 0.792. The van der Waals surface area contributed by atoms with Crippen LogP contribution in [0, 0.1) is 6.92 Å². The Morgan fingerprint density at radius 3 is 2.67 bits per heavy atom. The molecule has 18 heavy (non-hydrogen) atoms. The van der Waals surface area contributed by atoms with Crippen LogP contribution in [0.4, 0.5) is 4.39 Å². The molecule has 0 aliphatic rings. The van der Waals surface area contributed by atoms with Crippen LogP contribution in [0.2, 0.25) is 0 Å². The van der Waals surface area contributed by atoms with Crippen molar-refractivity contribution >= 4 is 0 Å². The molecule has 0 saturated carbocycles. The summed E-state index contributed by atoms with van der Waals surface area (Å²) in [6, 6.07) is 3.81. The number of nitrogens with one attached hydrogen (secondary N) is 1. The van der Waals surface area contributed by atoms with Crippen LogP contribution in [0.5, 0.6) is 5.75 Å². The SMILES string of the molecule is Cc1ccc(OCCCF)c(CNC(C)(C)C)n1. The van der Waals surface area contributed by atoms with Gasteiger partial charge in [-0.2, -0.15) is 0 Å². The maximum atomic E-state index is 12.1. The van der Waals surface area contributed by atoms with Gasteiger partial charge in [0.2, 0.25) is 0 Å². The van der Waals surface area contributed by atoms with Gasteiger partial charge < -0.3 is 10.1 Å². The monoisotopic (exact) mass is 254 g/mol. The van der Waals surface area contributed by atoms with E-state index < -0.39 is 0 Å². The van der Waals surface area contributed by atoms with Crippen LogP contribution in [0.25, 0.3) is 0 Å². The summed E-state index contributed by atoms with van der Waals surface area (Å²) in [5, 5.41) is 3.38. The molecule has 0 spiro atoms. The average molecular weight is 254 g/mol. The minimum atomic E-state index is -0.352. The van der Waals surface area contributed by atoms with Crippen molar-refractivity contribution in [3.8, 4) is 5.75 Å². The van der Waals surface area contributed by atoms with Gasteiger partial charge in [0.1, 0.15) is 5.75 Å². The molecule has 1 aromatic heterocycles. The molecule has 0 aliphatic heterocycles. The molecule has 4 heteroatoms. The number of hydrogen-bond acceptors (Lipinski definition) is 3. The molecule has 3 nitrogen and oxygen atoms in total. The first-order valence-electron chi connectivity index (χ1n) is 6.33. The highest BCUT2D eigenvalue weighted by molar-refractivity contribution is 5.29. The number of halogens is 1. The van der Waals surface area contributed by atoms with Crippen molar-refractivity contribution in [1.82, 2.24) is 10.3 Å². The van der Waals surface area contributed by atoms with Gasteiger partial charge in [0.15, 0.2) is 0 Å². The van der Waals surface area contributed by atoms with Crippen LogP contribution in [0.1, 0.15) is 38.6 Å². The Bertz CT molecular complexity index is 375. The molecule has 1 rings (SSSR count). The van der Waals surface area contributed by atoms with E-state index in [0.29, 0.717) is 19.6 Å². The average Bonchev–Trinajstić information content (AvgIpc) is 2.28. The number of aromatic nitrogens is 1. The molecule has 0 fully saturated rings. The smallest absolute Gasteiger partial charge is 0.142 e. The number of aryl methyl sites for hydroxylation is 1. The number of alkyl halides is 1. The summed E-state index contributed by atoms with van der Waals surface area (Å²) in [6.07, 6.45) is 0.417. The Morgan fingerprint density at radius 1 is 1.33 bits per heavy atom. The Balaban J connectivity index is 2.70. The molecule has 0 radical (unpaired) electrons. The second kappa shape index (κ2) is 6.69. The Hall–Kier alpha value is -1.16. The zero-order valence-corrected chi connectivity index (χ0v) is 11.7. The van der Waals surface area contributed by atoms with Gasteiger partial charge in [-0.05, 0) is 39.8 Å². The predicted molar refractivity (Wildman–Crippen MR) is 71.7 cm³/mol. The molecule has 102 valence electrons. The topological polar surface area (TPSA) is 34.1 Å². The second-order valence-corrected chi connectivity index (χ2v) is 5.39. The molecular formula is C14H23FN2O. The highest BCUT2D eigenvalue weighted by Crippen LogP contribution is 2.18. The lowest BCUT2D eigenvalue weighted by Gasteiger charge is -2.21. The fourth-order valence-corrected chi connectivity index (χ4v) is 1.44. The van der Waals surface area contributed by atoms with E-state index in [4.69, 9.17) is 4.74 Å². The molecule has 0 aromatic carbocycles. The number of pyridine rings is 1. The summed E-state index contributed by atoms with van der Waals surface area (Å²) < 4.78 is 17.6. The van der Waals surface area contributed by atoms with Crippen molar-refractivity contribution in [2.24, 2.45) is 0 Å². The summed E-state index contributed by atoms with van der Waals surface area (Å²) in [4.78, 5) is 4.47. The lowest BCUT2D eigenvalue weighted by Crippen LogP contribution is -2.35. The number of hydrogen-bond donors (Lipinski definition) is 1. The summed E-state index contributed by atoms with van der Waals surface area (Å²) in [5.41, 5.74) is 1.86. The van der Waals surface area contributed by atoms with E-state index >= 15 is 0 Å². The fourth-order valence-electron chi connectivity index (χ4n) is 1.44. The molecular weight excluding hydrogens is 231 g/mol. The van der Waals surface area contributed by atoms with Crippen LogP contribution in [0.3, 0.4) is 0 Å². The maximum Gasteiger partial charge on any atom is 0.142 e. The van der Waals surface area contributed by atoms with Crippen LogP contribution in [0.15, 0.2) is 12.1 Å². The maximum absolute atomic E-state index is 12.1. The summed E-state index contributed by atoms with van der Waals surface area (Å²) in [6.45, 7) is 8.95. The third kappa shape index (κ3) is 5.45. The Morgan fingerprint density at radius 2 is 2.06 bits per heavy atom. The third-order valence-electron chi connectivity index (χ3n) is 2.39. The molecule has 1 heterocycles. The molecule has 1 aromatic rings. The van der Waals surface area contributed by atoms with E-state index in [9.17, 15) is 4.39 Å². The molecule has 0 unspecified atom stereocenters. The highest BCUT2D eigenvalue weighted by Gasteiger charge is 2.12. The van der Waals surface area contributed by atoms with Crippen LogP contribution < -0.4 is 10.1 Å². The normalized spacial score (nSPS) is 11.6. The number of ether oxygens (including phenoxy) is 1. The first kappa shape index (κ1) is 14.9. The van der Waals surface area contributed by atoms with Crippen molar-refractivity contribution < 1.29 is 9.13 Å².